The molecule has 4 aromatic rings. The summed E-state index contributed by atoms with van der Waals surface area (Å²) in [5.74, 6) is 1.18. The third-order valence-corrected chi connectivity index (χ3v) is 6.51. The van der Waals surface area contributed by atoms with Crippen molar-refractivity contribution in [2.24, 2.45) is 0 Å². The van der Waals surface area contributed by atoms with Crippen molar-refractivity contribution in [2.45, 2.75) is 26.8 Å². The van der Waals surface area contributed by atoms with E-state index in [9.17, 15) is 14.9 Å². The van der Waals surface area contributed by atoms with Crippen molar-refractivity contribution in [3.63, 3.8) is 0 Å². The van der Waals surface area contributed by atoms with Gasteiger partial charge in [-0.2, -0.15) is 0 Å². The molecule has 0 bridgehead atoms. The molecule has 10 nitrogen and oxygen atoms in total. The molecule has 1 saturated heterocycles. The van der Waals surface area contributed by atoms with Crippen LogP contribution in [0.1, 0.15) is 28.7 Å². The standard InChI is InChI=1S/C23H22ClN7O3/c1-13-4-5-16(10-20(13)31(33)34)22(32)29-9-8-28(12-14(29)2)23-25-19-11-17(24)6-7-18(19)21-27-26-15(3)30(21)23/h4-7,10-11,14H,8-9,12H2,1-3H3/t14-/m0/s1. The number of carbonyl (C=O) groups is 1. The third-order valence-electron chi connectivity index (χ3n) is 6.27. The third kappa shape index (κ3) is 3.60. The van der Waals surface area contributed by atoms with Crippen LogP contribution in [0.3, 0.4) is 0 Å². The summed E-state index contributed by atoms with van der Waals surface area (Å²) in [7, 11) is 0. The maximum Gasteiger partial charge on any atom is 0.273 e. The zero-order chi connectivity index (χ0) is 24.1. The molecule has 1 fully saturated rings. The number of aryl methyl sites for hydroxylation is 2. The molecule has 3 heterocycles. The Morgan fingerprint density at radius 2 is 1.94 bits per heavy atom. The Hall–Kier alpha value is -3.79. The molecule has 0 N–H and O–H groups in total. The Morgan fingerprint density at radius 3 is 2.68 bits per heavy atom. The Balaban J connectivity index is 1.46. The number of hydrogen-bond donors (Lipinski definition) is 0. The Kier molecular flexibility index (Phi) is 5.32. The Morgan fingerprint density at radius 1 is 1.15 bits per heavy atom. The predicted molar refractivity (Wildman–Crippen MR) is 129 cm³/mol. The highest BCUT2D eigenvalue weighted by atomic mass is 35.5. The quantitative estimate of drug-likeness (QED) is 0.324. The molecule has 174 valence electrons. The van der Waals surface area contributed by atoms with E-state index in [0.29, 0.717) is 53.2 Å². The van der Waals surface area contributed by atoms with E-state index in [0.717, 1.165) is 10.9 Å². The number of benzene rings is 2. The van der Waals surface area contributed by atoms with Crippen molar-refractivity contribution in [1.82, 2.24) is 24.5 Å². The van der Waals surface area contributed by atoms with Gasteiger partial charge in [0.1, 0.15) is 5.82 Å². The van der Waals surface area contributed by atoms with E-state index in [-0.39, 0.29) is 17.6 Å². The first-order valence-electron chi connectivity index (χ1n) is 10.9. The summed E-state index contributed by atoms with van der Waals surface area (Å²) in [5, 5.41) is 21.3. The van der Waals surface area contributed by atoms with Crippen molar-refractivity contribution in [1.29, 1.82) is 0 Å². The first kappa shape index (κ1) is 22.0. The summed E-state index contributed by atoms with van der Waals surface area (Å²) in [6, 6.07) is 9.96. The lowest BCUT2D eigenvalue weighted by Gasteiger charge is -2.40. The molecule has 2 aromatic heterocycles. The van der Waals surface area contributed by atoms with Crippen LogP contribution in [0.15, 0.2) is 36.4 Å². The Bertz CT molecular complexity index is 1470. The van der Waals surface area contributed by atoms with E-state index >= 15 is 0 Å². The summed E-state index contributed by atoms with van der Waals surface area (Å²) >= 11 is 6.21. The van der Waals surface area contributed by atoms with Crippen LogP contribution in [0.25, 0.3) is 16.6 Å². The van der Waals surface area contributed by atoms with E-state index in [1.807, 2.05) is 24.3 Å². The van der Waals surface area contributed by atoms with Gasteiger partial charge in [-0.15, -0.1) is 10.2 Å². The molecule has 0 saturated carbocycles. The van der Waals surface area contributed by atoms with Crippen molar-refractivity contribution < 1.29 is 9.72 Å². The second kappa shape index (κ2) is 8.21. The van der Waals surface area contributed by atoms with E-state index in [4.69, 9.17) is 16.6 Å². The number of piperazine rings is 1. The van der Waals surface area contributed by atoms with Gasteiger partial charge in [-0.1, -0.05) is 17.7 Å². The van der Waals surface area contributed by atoms with Gasteiger partial charge in [0.2, 0.25) is 5.95 Å². The smallest absolute Gasteiger partial charge is 0.273 e. The molecule has 11 heteroatoms. The number of hydrogen-bond acceptors (Lipinski definition) is 7. The Labute approximate surface area is 199 Å². The lowest BCUT2D eigenvalue weighted by atomic mass is 10.1. The number of rotatable bonds is 3. The second-order valence-corrected chi connectivity index (χ2v) is 8.97. The zero-order valence-electron chi connectivity index (χ0n) is 18.9. The minimum atomic E-state index is -0.460. The van der Waals surface area contributed by atoms with Crippen molar-refractivity contribution in [2.75, 3.05) is 24.5 Å². The fourth-order valence-electron chi connectivity index (χ4n) is 4.48. The number of nitrogens with zero attached hydrogens (tertiary/aromatic N) is 7. The molecule has 0 unspecified atom stereocenters. The van der Waals surface area contributed by atoms with Crippen LogP contribution in [-0.2, 0) is 0 Å². The largest absolute Gasteiger partial charge is 0.338 e. The molecule has 0 aliphatic carbocycles. The van der Waals surface area contributed by atoms with Gasteiger partial charge in [0.25, 0.3) is 11.6 Å². The van der Waals surface area contributed by atoms with Gasteiger partial charge in [-0.25, -0.2) is 9.38 Å². The molecule has 1 atom stereocenters. The van der Waals surface area contributed by atoms with Crippen LogP contribution in [0.2, 0.25) is 5.02 Å². The minimum Gasteiger partial charge on any atom is -0.338 e. The average Bonchev–Trinajstić information content (AvgIpc) is 3.19. The van der Waals surface area contributed by atoms with Gasteiger partial charge < -0.3 is 9.80 Å². The van der Waals surface area contributed by atoms with Gasteiger partial charge >= 0.3 is 0 Å². The summed E-state index contributed by atoms with van der Waals surface area (Å²) in [4.78, 5) is 32.8. The molecule has 2 aromatic carbocycles. The second-order valence-electron chi connectivity index (χ2n) is 8.53. The van der Waals surface area contributed by atoms with Gasteiger partial charge in [0.15, 0.2) is 5.65 Å². The van der Waals surface area contributed by atoms with Crippen LogP contribution < -0.4 is 4.90 Å². The van der Waals surface area contributed by atoms with E-state index in [2.05, 4.69) is 15.1 Å². The lowest BCUT2D eigenvalue weighted by Crippen LogP contribution is -2.54. The molecular formula is C23H22ClN7O3. The highest BCUT2D eigenvalue weighted by Gasteiger charge is 2.31. The molecule has 0 spiro atoms. The van der Waals surface area contributed by atoms with Crippen molar-refractivity contribution in [3.8, 4) is 0 Å². The number of fused-ring (bicyclic) bond motifs is 3. The number of halogens is 1. The molecule has 1 amide bonds. The summed E-state index contributed by atoms with van der Waals surface area (Å²) in [6.45, 7) is 7.01. The number of anilines is 1. The molecule has 34 heavy (non-hydrogen) atoms. The predicted octanol–water partition coefficient (Wildman–Crippen LogP) is 3.81. The van der Waals surface area contributed by atoms with Gasteiger partial charge in [-0.3, -0.25) is 14.9 Å². The number of nitro groups is 1. The van der Waals surface area contributed by atoms with Crippen LogP contribution in [0, 0.1) is 24.0 Å². The molecular weight excluding hydrogens is 458 g/mol. The maximum atomic E-state index is 13.2. The SMILES string of the molecule is Cc1ccc(C(=O)N2CCN(c3nc4cc(Cl)ccc4c4nnc(C)n34)C[C@@H]2C)cc1[N+](=O)[O-]. The first-order valence-corrected chi connectivity index (χ1v) is 11.2. The van der Waals surface area contributed by atoms with Crippen molar-refractivity contribution in [3.05, 3.63) is 68.5 Å². The molecule has 1 aliphatic rings. The van der Waals surface area contributed by atoms with E-state index < -0.39 is 4.92 Å². The molecule has 0 radical (unpaired) electrons. The number of carbonyl (C=O) groups excluding carboxylic acids is 1. The molecule has 5 rings (SSSR count). The summed E-state index contributed by atoms with van der Waals surface area (Å²) in [6.07, 6.45) is 0. The monoisotopic (exact) mass is 479 g/mol. The zero-order valence-corrected chi connectivity index (χ0v) is 19.7. The normalized spacial score (nSPS) is 16.4. The van der Waals surface area contributed by atoms with Crippen LogP contribution >= 0.6 is 11.6 Å². The fraction of sp³-hybridized carbons (Fsp3) is 0.304. The number of aromatic nitrogens is 4. The summed E-state index contributed by atoms with van der Waals surface area (Å²) < 4.78 is 1.92. The van der Waals surface area contributed by atoms with Gasteiger partial charge in [0, 0.05) is 53.3 Å². The van der Waals surface area contributed by atoms with Gasteiger partial charge in [-0.05, 0) is 45.0 Å². The first-order chi connectivity index (χ1) is 16.2. The van der Waals surface area contributed by atoms with Crippen molar-refractivity contribution >= 4 is 45.7 Å². The van der Waals surface area contributed by atoms with Crippen LogP contribution in [0.5, 0.6) is 0 Å². The summed E-state index contributed by atoms with van der Waals surface area (Å²) in [5.41, 5.74) is 2.21. The van der Waals surface area contributed by atoms with E-state index in [1.54, 1.807) is 36.1 Å². The lowest BCUT2D eigenvalue weighted by molar-refractivity contribution is -0.385. The topological polar surface area (TPSA) is 110 Å². The fourth-order valence-corrected chi connectivity index (χ4v) is 4.64. The number of amides is 1. The average molecular weight is 480 g/mol. The number of nitro benzene ring substituents is 1. The van der Waals surface area contributed by atoms with E-state index in [1.165, 1.54) is 6.07 Å². The maximum absolute atomic E-state index is 13.2. The highest BCUT2D eigenvalue weighted by Crippen LogP contribution is 2.28. The van der Waals surface area contributed by atoms with Gasteiger partial charge in [0.05, 0.1) is 10.4 Å². The molecule has 1 aliphatic heterocycles. The van der Waals surface area contributed by atoms with Crippen LogP contribution in [-0.4, -0.2) is 61.0 Å². The minimum absolute atomic E-state index is 0.0540. The van der Waals surface area contributed by atoms with Crippen LogP contribution in [0.4, 0.5) is 11.6 Å². The highest BCUT2D eigenvalue weighted by molar-refractivity contribution is 6.31.